The molecule has 7 nitrogen and oxygen atoms in total. The average molecular weight is 396 g/mol. The molecule has 1 aliphatic rings. The van der Waals surface area contributed by atoms with Crippen LogP contribution >= 0.6 is 11.3 Å². The number of nitrogens with zero attached hydrogens (tertiary/aromatic N) is 4. The van der Waals surface area contributed by atoms with Crippen LogP contribution in [0.5, 0.6) is 5.75 Å². The van der Waals surface area contributed by atoms with Crippen molar-refractivity contribution < 1.29 is 10.1 Å². The maximum atomic E-state index is 5.99. The zero-order valence-corrected chi connectivity index (χ0v) is 16.7. The minimum atomic E-state index is 0.504. The Morgan fingerprint density at radius 2 is 2.29 bits per heavy atom. The van der Waals surface area contributed by atoms with Crippen LogP contribution in [0.3, 0.4) is 0 Å². The minimum absolute atomic E-state index is 0.504. The highest BCUT2D eigenvalue weighted by atomic mass is 32.1. The van der Waals surface area contributed by atoms with Gasteiger partial charge in [0, 0.05) is 29.6 Å². The van der Waals surface area contributed by atoms with Crippen LogP contribution in [0.2, 0.25) is 0 Å². The van der Waals surface area contributed by atoms with Gasteiger partial charge >= 0.3 is 0 Å². The molecule has 1 aliphatic heterocycles. The van der Waals surface area contributed by atoms with Crippen LogP contribution in [0, 0.1) is 5.92 Å². The summed E-state index contributed by atoms with van der Waals surface area (Å²) >= 11 is 1.66. The van der Waals surface area contributed by atoms with Gasteiger partial charge in [0.2, 0.25) is 0 Å². The molecule has 3 heterocycles. The molecule has 8 heteroatoms. The Morgan fingerprint density at radius 3 is 3.04 bits per heavy atom. The number of ether oxygens (including phenoxy) is 1. The van der Waals surface area contributed by atoms with Crippen molar-refractivity contribution in [2.75, 3.05) is 6.61 Å². The predicted octanol–water partition coefficient (Wildman–Crippen LogP) is 1.79. The normalized spacial score (nSPS) is 13.6. The second-order valence-corrected chi connectivity index (χ2v) is 8.17. The first-order chi connectivity index (χ1) is 13.6. The number of thiazole rings is 1. The Morgan fingerprint density at radius 1 is 1.43 bits per heavy atom. The van der Waals surface area contributed by atoms with E-state index in [9.17, 15) is 0 Å². The minimum Gasteiger partial charge on any atom is -0.492 e. The SMILES string of the molecule is CC(C)Cn1cnnc1-c1nc2c(s1)CCOc1cc(/C(C=[NH2+])=C/N)ccc1-2. The van der Waals surface area contributed by atoms with E-state index in [0.29, 0.717) is 12.5 Å². The Labute approximate surface area is 167 Å². The van der Waals surface area contributed by atoms with Crippen molar-refractivity contribution in [2.24, 2.45) is 11.7 Å². The van der Waals surface area contributed by atoms with Crippen molar-refractivity contribution in [1.29, 1.82) is 0 Å². The van der Waals surface area contributed by atoms with E-state index >= 15 is 0 Å². The summed E-state index contributed by atoms with van der Waals surface area (Å²) in [6, 6.07) is 5.97. The summed E-state index contributed by atoms with van der Waals surface area (Å²) in [5.74, 6) is 2.11. The van der Waals surface area contributed by atoms with Crippen LogP contribution in [-0.2, 0) is 13.0 Å². The molecular weight excluding hydrogens is 372 g/mol. The van der Waals surface area contributed by atoms with Gasteiger partial charge in [-0.2, -0.15) is 0 Å². The monoisotopic (exact) mass is 395 g/mol. The summed E-state index contributed by atoms with van der Waals surface area (Å²) in [7, 11) is 0. The maximum absolute atomic E-state index is 5.99. The molecule has 0 amide bonds. The lowest BCUT2D eigenvalue weighted by molar-refractivity contribution is -0.103. The first-order valence-corrected chi connectivity index (χ1v) is 10.0. The zero-order valence-electron chi connectivity index (χ0n) is 15.9. The van der Waals surface area contributed by atoms with E-state index in [1.807, 2.05) is 18.2 Å². The van der Waals surface area contributed by atoms with Crippen molar-refractivity contribution in [3.05, 3.63) is 41.2 Å². The molecule has 0 atom stereocenters. The summed E-state index contributed by atoms with van der Waals surface area (Å²) in [6.45, 7) is 5.81. The van der Waals surface area contributed by atoms with Gasteiger partial charge < -0.3 is 15.0 Å². The third-order valence-corrected chi connectivity index (χ3v) is 5.69. The topological polar surface area (TPSA) is 104 Å². The molecule has 0 spiro atoms. The summed E-state index contributed by atoms with van der Waals surface area (Å²) in [4.78, 5) is 6.12. The Kier molecular flexibility index (Phi) is 4.95. The van der Waals surface area contributed by atoms with E-state index in [2.05, 4.69) is 28.6 Å². The molecule has 1 aromatic carbocycles. The first-order valence-electron chi connectivity index (χ1n) is 9.23. The van der Waals surface area contributed by atoms with E-state index in [-0.39, 0.29) is 0 Å². The van der Waals surface area contributed by atoms with Crippen LogP contribution in [0.1, 0.15) is 24.3 Å². The molecule has 0 aliphatic carbocycles. The zero-order chi connectivity index (χ0) is 19.7. The highest BCUT2D eigenvalue weighted by Crippen LogP contribution is 2.40. The van der Waals surface area contributed by atoms with Gasteiger partial charge in [0.25, 0.3) is 0 Å². The van der Waals surface area contributed by atoms with Crippen LogP contribution in [0.25, 0.3) is 27.7 Å². The number of hydrogen-bond acceptors (Lipinski definition) is 6. The molecule has 3 aromatic rings. The number of fused-ring (bicyclic) bond motifs is 3. The summed E-state index contributed by atoms with van der Waals surface area (Å²) in [5.41, 5.74) is 9.27. The molecule has 28 heavy (non-hydrogen) atoms. The second-order valence-electron chi connectivity index (χ2n) is 7.09. The van der Waals surface area contributed by atoms with E-state index in [0.717, 1.165) is 51.9 Å². The average Bonchev–Trinajstić information content (AvgIpc) is 3.26. The lowest BCUT2D eigenvalue weighted by Gasteiger charge is -2.09. The maximum Gasteiger partial charge on any atom is 0.192 e. The van der Waals surface area contributed by atoms with Gasteiger partial charge in [0.15, 0.2) is 17.0 Å². The molecule has 144 valence electrons. The summed E-state index contributed by atoms with van der Waals surface area (Å²) in [6.07, 6.45) is 5.56. The first kappa shape index (κ1) is 18.4. The van der Waals surface area contributed by atoms with Crippen LogP contribution in [0.4, 0.5) is 0 Å². The van der Waals surface area contributed by atoms with Gasteiger partial charge in [0.05, 0.1) is 17.9 Å². The number of allylic oxidation sites excluding steroid dienone is 1. The molecule has 0 saturated carbocycles. The number of benzene rings is 1. The number of aromatic nitrogens is 4. The fourth-order valence-electron chi connectivity index (χ4n) is 3.29. The third kappa shape index (κ3) is 3.31. The summed E-state index contributed by atoms with van der Waals surface area (Å²) < 4.78 is 8.05. The van der Waals surface area contributed by atoms with Crippen LogP contribution in [-0.4, -0.2) is 32.6 Å². The molecule has 4 N–H and O–H groups in total. The van der Waals surface area contributed by atoms with Crippen molar-refractivity contribution in [3.8, 4) is 27.8 Å². The van der Waals surface area contributed by atoms with E-state index < -0.39 is 0 Å². The fourth-order valence-corrected chi connectivity index (χ4v) is 4.35. The van der Waals surface area contributed by atoms with Gasteiger partial charge in [0.1, 0.15) is 12.1 Å². The second kappa shape index (κ2) is 7.55. The Balaban J connectivity index is 1.77. The van der Waals surface area contributed by atoms with Crippen molar-refractivity contribution in [3.63, 3.8) is 0 Å². The quantitative estimate of drug-likeness (QED) is 0.641. The lowest BCUT2D eigenvalue weighted by Crippen LogP contribution is -2.30. The Bertz CT molecular complexity index is 1050. The molecule has 0 fully saturated rings. The predicted molar refractivity (Wildman–Crippen MR) is 111 cm³/mol. The van der Waals surface area contributed by atoms with Crippen molar-refractivity contribution >= 4 is 23.1 Å². The smallest absolute Gasteiger partial charge is 0.192 e. The van der Waals surface area contributed by atoms with Gasteiger partial charge in [-0.15, -0.1) is 21.5 Å². The number of nitrogens with two attached hydrogens (primary N) is 2. The lowest BCUT2D eigenvalue weighted by atomic mass is 10.0. The third-order valence-electron chi connectivity index (χ3n) is 4.58. The van der Waals surface area contributed by atoms with E-state index in [1.165, 1.54) is 17.3 Å². The molecule has 4 rings (SSSR count). The number of rotatable bonds is 5. The largest absolute Gasteiger partial charge is 0.492 e. The van der Waals surface area contributed by atoms with Crippen LogP contribution in [0.15, 0.2) is 30.7 Å². The fraction of sp³-hybridized carbons (Fsp3) is 0.300. The molecule has 0 bridgehead atoms. The van der Waals surface area contributed by atoms with Gasteiger partial charge in [-0.3, -0.25) is 5.41 Å². The Hall–Kier alpha value is -3.00. The van der Waals surface area contributed by atoms with Gasteiger partial charge in [-0.25, -0.2) is 4.98 Å². The van der Waals surface area contributed by atoms with Crippen molar-refractivity contribution in [1.82, 2.24) is 19.7 Å². The standard InChI is InChI=1S/C20H22N6OS/c1-12(2)10-26-11-23-25-19(26)20-24-18-15-4-3-13(14(8-21)9-22)7-16(15)27-6-5-17(18)28-20/h3-4,7-9,11-12,21H,5-6,10,22H2,1-2H3/p+1/b14-9+,21-8?. The molecule has 0 radical (unpaired) electrons. The van der Waals surface area contributed by atoms with Crippen molar-refractivity contribution in [2.45, 2.75) is 26.8 Å². The molecular formula is C20H23N6OS+. The molecule has 2 aromatic heterocycles. The van der Waals surface area contributed by atoms with E-state index in [1.54, 1.807) is 17.7 Å². The number of hydrogen-bond donors (Lipinski definition) is 2. The summed E-state index contributed by atoms with van der Waals surface area (Å²) in [5, 5.41) is 15.0. The highest BCUT2D eigenvalue weighted by molar-refractivity contribution is 7.15. The van der Waals surface area contributed by atoms with Gasteiger partial charge in [-0.05, 0) is 23.6 Å². The van der Waals surface area contributed by atoms with Crippen LogP contribution < -0.4 is 15.9 Å². The molecule has 0 unspecified atom stereocenters. The van der Waals surface area contributed by atoms with E-state index in [4.69, 9.17) is 20.9 Å². The highest BCUT2D eigenvalue weighted by Gasteiger charge is 2.23. The molecule has 0 saturated heterocycles. The van der Waals surface area contributed by atoms with Gasteiger partial charge in [-0.1, -0.05) is 19.9 Å².